The zero-order valence-electron chi connectivity index (χ0n) is 18.5. The fraction of sp³-hybridized carbons (Fsp3) is 0.333. The molecule has 1 fully saturated rings. The molecule has 1 atom stereocenters. The average Bonchev–Trinajstić information content (AvgIpc) is 3.32. The number of likely N-dealkylation sites (N-methyl/N-ethyl adjacent to an activating group) is 1. The largest absolute Gasteiger partial charge is 0.507 e. The molecule has 0 aromatic heterocycles. The van der Waals surface area contributed by atoms with Crippen molar-refractivity contribution < 1.29 is 54.9 Å². The van der Waals surface area contributed by atoms with Crippen LogP contribution in [0.4, 0.5) is 27.6 Å². The Morgan fingerprint density at radius 3 is 2.14 bits per heavy atom. The molecular formula is C21H19F5N2O7S. The number of carboxylic acids is 1. The lowest BCUT2D eigenvalue weighted by atomic mass is 10.1. The maximum atomic E-state index is 14.1. The molecule has 1 heterocycles. The lowest BCUT2D eigenvalue weighted by Crippen LogP contribution is -2.44. The number of aromatic hydroxyl groups is 1. The van der Waals surface area contributed by atoms with E-state index in [2.05, 4.69) is 0 Å². The van der Waals surface area contributed by atoms with Gasteiger partial charge in [-0.15, -0.1) is 0 Å². The van der Waals surface area contributed by atoms with Crippen LogP contribution in [0, 0.1) is 29.1 Å². The van der Waals surface area contributed by atoms with Gasteiger partial charge in [-0.05, 0) is 25.0 Å². The Morgan fingerprint density at radius 2 is 1.64 bits per heavy atom. The van der Waals surface area contributed by atoms with Gasteiger partial charge in [0.25, 0.3) is 0 Å². The van der Waals surface area contributed by atoms with E-state index in [-0.39, 0.29) is 16.5 Å². The first kappa shape index (κ1) is 27.3. The predicted octanol–water partition coefficient (Wildman–Crippen LogP) is 2.62. The second-order valence-corrected chi connectivity index (χ2v) is 9.79. The molecule has 1 aliphatic rings. The smallest absolute Gasteiger partial charge is 0.339 e. The molecule has 0 radical (unpaired) electrons. The van der Waals surface area contributed by atoms with Crippen molar-refractivity contribution in [2.24, 2.45) is 0 Å². The molecule has 15 heteroatoms. The molecule has 0 saturated carbocycles. The lowest BCUT2D eigenvalue weighted by molar-refractivity contribution is -0.119. The third-order valence-corrected chi connectivity index (χ3v) is 7.25. The third-order valence-electron chi connectivity index (χ3n) is 5.43. The molecule has 196 valence electrons. The normalized spacial score (nSPS) is 15.9. The summed E-state index contributed by atoms with van der Waals surface area (Å²) in [7, 11) is -4.70. The summed E-state index contributed by atoms with van der Waals surface area (Å²) in [6, 6.07) is 3.10. The van der Waals surface area contributed by atoms with Crippen LogP contribution in [-0.4, -0.2) is 67.7 Å². The van der Waals surface area contributed by atoms with Crippen molar-refractivity contribution in [1.82, 2.24) is 4.31 Å². The molecular weight excluding hydrogens is 519 g/mol. The molecule has 9 nitrogen and oxygen atoms in total. The molecule has 36 heavy (non-hydrogen) atoms. The number of nitrogens with zero attached hydrogens (tertiary/aromatic N) is 2. The van der Waals surface area contributed by atoms with E-state index < -0.39 is 79.8 Å². The van der Waals surface area contributed by atoms with Gasteiger partial charge in [0.1, 0.15) is 11.3 Å². The van der Waals surface area contributed by atoms with E-state index in [9.17, 15) is 45.1 Å². The molecule has 2 aromatic rings. The highest BCUT2D eigenvalue weighted by Gasteiger charge is 2.37. The van der Waals surface area contributed by atoms with E-state index in [4.69, 9.17) is 9.84 Å². The van der Waals surface area contributed by atoms with Crippen LogP contribution in [0.2, 0.25) is 0 Å². The van der Waals surface area contributed by atoms with Gasteiger partial charge in [0, 0.05) is 25.4 Å². The minimum Gasteiger partial charge on any atom is -0.507 e. The summed E-state index contributed by atoms with van der Waals surface area (Å²) >= 11 is 0. The van der Waals surface area contributed by atoms with Crippen molar-refractivity contribution >= 4 is 27.6 Å². The van der Waals surface area contributed by atoms with Gasteiger partial charge in [0.15, 0.2) is 28.2 Å². The zero-order chi connectivity index (χ0) is 26.9. The van der Waals surface area contributed by atoms with E-state index in [1.165, 1.54) is 0 Å². The standard InChI is InChI=1S/C21H19F5N2O7S/c1-27(36(33,34)20-18(25)16(23)15(22)17(24)19(20)26)9-14(30)28(8-11-3-2-6-35-11)10-4-5-12(21(31)32)13(29)7-10/h4-5,7,11,29H,2-3,6,8-9H2,1H3,(H,31,32). The number of halogens is 5. The minimum absolute atomic E-state index is 0.0555. The minimum atomic E-state index is -5.40. The number of hydrogen-bond donors (Lipinski definition) is 2. The molecule has 2 aromatic carbocycles. The molecule has 1 amide bonds. The fourth-order valence-corrected chi connectivity index (χ4v) is 4.76. The fourth-order valence-electron chi connectivity index (χ4n) is 3.54. The highest BCUT2D eigenvalue weighted by molar-refractivity contribution is 7.89. The second-order valence-electron chi connectivity index (χ2n) is 7.81. The van der Waals surface area contributed by atoms with Crippen molar-refractivity contribution in [3.63, 3.8) is 0 Å². The monoisotopic (exact) mass is 538 g/mol. The van der Waals surface area contributed by atoms with E-state index in [0.717, 1.165) is 23.1 Å². The van der Waals surface area contributed by atoms with Crippen molar-refractivity contribution in [3.05, 3.63) is 52.8 Å². The summed E-state index contributed by atoms with van der Waals surface area (Å²) < 4.78 is 99.6. The molecule has 2 N–H and O–H groups in total. The van der Waals surface area contributed by atoms with Crippen molar-refractivity contribution in [2.45, 2.75) is 23.8 Å². The number of aromatic carboxylic acids is 1. The van der Waals surface area contributed by atoms with Crippen molar-refractivity contribution in [1.29, 1.82) is 0 Å². The van der Waals surface area contributed by atoms with Crippen LogP contribution in [0.5, 0.6) is 5.75 Å². The number of hydrogen-bond acceptors (Lipinski definition) is 6. The summed E-state index contributed by atoms with van der Waals surface area (Å²) in [4.78, 5) is 23.1. The Labute approximate surface area is 201 Å². The quantitative estimate of drug-likeness (QED) is 0.301. The highest BCUT2D eigenvalue weighted by atomic mass is 32.2. The zero-order valence-corrected chi connectivity index (χ0v) is 19.3. The SMILES string of the molecule is CN(CC(=O)N(CC1CCCO1)c1ccc(C(=O)O)c(O)c1)S(=O)(=O)c1c(F)c(F)c(F)c(F)c1F. The Hall–Kier alpha value is -3.30. The van der Waals surface area contributed by atoms with Gasteiger partial charge in [-0.1, -0.05) is 0 Å². The highest BCUT2D eigenvalue weighted by Crippen LogP contribution is 2.30. The van der Waals surface area contributed by atoms with Crippen LogP contribution in [0.15, 0.2) is 23.1 Å². The van der Waals surface area contributed by atoms with Crippen LogP contribution >= 0.6 is 0 Å². The maximum absolute atomic E-state index is 14.1. The molecule has 3 rings (SSSR count). The number of benzene rings is 2. The third kappa shape index (κ3) is 5.12. The average molecular weight is 538 g/mol. The first-order valence-electron chi connectivity index (χ1n) is 10.2. The number of ether oxygens (including phenoxy) is 1. The lowest BCUT2D eigenvalue weighted by Gasteiger charge is -2.28. The number of carboxylic acid groups (broad SMARTS) is 1. The Bertz CT molecular complexity index is 1290. The van der Waals surface area contributed by atoms with E-state index >= 15 is 0 Å². The topological polar surface area (TPSA) is 124 Å². The maximum Gasteiger partial charge on any atom is 0.339 e. The first-order valence-corrected chi connectivity index (χ1v) is 11.7. The van der Waals surface area contributed by atoms with Crippen LogP contribution in [-0.2, 0) is 19.6 Å². The summed E-state index contributed by atoms with van der Waals surface area (Å²) in [5.74, 6) is -15.8. The summed E-state index contributed by atoms with van der Waals surface area (Å²) in [6.07, 6.45) is 0.666. The summed E-state index contributed by atoms with van der Waals surface area (Å²) in [5, 5.41) is 19.1. The van der Waals surface area contributed by atoms with Gasteiger partial charge < -0.3 is 19.8 Å². The van der Waals surface area contributed by atoms with Gasteiger partial charge in [0.2, 0.25) is 21.7 Å². The van der Waals surface area contributed by atoms with Crippen LogP contribution in [0.3, 0.4) is 0 Å². The van der Waals surface area contributed by atoms with Crippen molar-refractivity contribution in [2.75, 3.05) is 31.6 Å². The number of anilines is 1. The number of carbonyl (C=O) groups is 2. The van der Waals surface area contributed by atoms with Gasteiger partial charge in [-0.2, -0.15) is 4.31 Å². The molecule has 0 aliphatic carbocycles. The molecule has 0 spiro atoms. The van der Waals surface area contributed by atoms with Crippen LogP contribution in [0.25, 0.3) is 0 Å². The van der Waals surface area contributed by atoms with Gasteiger partial charge in [-0.25, -0.2) is 35.2 Å². The first-order chi connectivity index (χ1) is 16.8. The molecule has 1 aliphatic heterocycles. The molecule has 0 bridgehead atoms. The number of rotatable bonds is 8. The summed E-state index contributed by atoms with van der Waals surface area (Å²) in [5.41, 5.74) is -0.533. The Balaban J connectivity index is 1.95. The van der Waals surface area contributed by atoms with Crippen molar-refractivity contribution in [3.8, 4) is 5.75 Å². The van der Waals surface area contributed by atoms with Gasteiger partial charge in [0.05, 0.1) is 19.2 Å². The molecule has 1 unspecified atom stereocenters. The number of sulfonamides is 1. The second kappa shape index (κ2) is 10.4. The van der Waals surface area contributed by atoms with E-state index in [1.54, 1.807) is 0 Å². The van der Waals surface area contributed by atoms with Gasteiger partial charge in [-0.3, -0.25) is 4.79 Å². The Morgan fingerprint density at radius 1 is 1.06 bits per heavy atom. The van der Waals surface area contributed by atoms with E-state index in [1.807, 2.05) is 0 Å². The number of amides is 1. The van der Waals surface area contributed by atoms with E-state index in [0.29, 0.717) is 26.5 Å². The predicted molar refractivity (Wildman–Crippen MR) is 112 cm³/mol. The number of carbonyl (C=O) groups excluding carboxylic acids is 1. The van der Waals surface area contributed by atoms with Gasteiger partial charge >= 0.3 is 5.97 Å². The molecule has 1 saturated heterocycles. The van der Waals surface area contributed by atoms with Crippen LogP contribution in [0.1, 0.15) is 23.2 Å². The Kier molecular flexibility index (Phi) is 7.85. The van der Waals surface area contributed by atoms with Crippen LogP contribution < -0.4 is 4.90 Å². The summed E-state index contributed by atoms with van der Waals surface area (Å²) in [6.45, 7) is -0.901. The number of phenols is 1.